The van der Waals surface area contributed by atoms with Crippen molar-refractivity contribution in [2.24, 2.45) is 0 Å². The maximum Gasteiger partial charge on any atom is 0.0783 e. The van der Waals surface area contributed by atoms with E-state index in [0.717, 1.165) is 36.1 Å². The topological polar surface area (TPSA) is 46.0 Å². The fourth-order valence-electron chi connectivity index (χ4n) is 2.03. The van der Waals surface area contributed by atoms with Gasteiger partial charge in [0, 0.05) is 24.2 Å². The highest BCUT2D eigenvalue weighted by Crippen LogP contribution is 2.22. The summed E-state index contributed by atoms with van der Waals surface area (Å²) in [5.74, 6) is 0. The first-order valence-electron chi connectivity index (χ1n) is 6.51. The molecule has 3 heteroatoms. The fourth-order valence-corrected chi connectivity index (χ4v) is 2.03. The number of aliphatic hydroxyl groups excluding tert-OH is 1. The molecule has 2 aromatic heterocycles. The molecule has 0 unspecified atom stereocenters. The van der Waals surface area contributed by atoms with Crippen LogP contribution in [0.25, 0.3) is 11.3 Å². The minimum absolute atomic E-state index is 0.853. The average Bonchev–Trinajstić information content (AvgIpc) is 2.49. The number of aliphatic hydroxyl groups is 1. The molecule has 0 bridgehead atoms. The Morgan fingerprint density at radius 1 is 1.26 bits per heavy atom. The SMILES string of the molecule is CC/C(=C\O)CCc1cccnc1-c1cccnc1. The molecule has 0 fully saturated rings. The summed E-state index contributed by atoms with van der Waals surface area (Å²) in [6, 6.07) is 7.96. The van der Waals surface area contributed by atoms with E-state index in [9.17, 15) is 0 Å². The molecule has 0 saturated carbocycles. The summed E-state index contributed by atoms with van der Waals surface area (Å²) in [5, 5.41) is 9.10. The summed E-state index contributed by atoms with van der Waals surface area (Å²) < 4.78 is 0. The molecule has 0 radical (unpaired) electrons. The Kier molecular flexibility index (Phi) is 4.67. The molecule has 0 amide bonds. The van der Waals surface area contributed by atoms with Crippen LogP contribution in [-0.2, 0) is 6.42 Å². The quantitative estimate of drug-likeness (QED) is 0.822. The van der Waals surface area contributed by atoms with Gasteiger partial charge < -0.3 is 5.11 Å². The lowest BCUT2D eigenvalue weighted by Crippen LogP contribution is -1.95. The zero-order valence-corrected chi connectivity index (χ0v) is 11.1. The molecule has 0 aliphatic rings. The number of pyridine rings is 2. The van der Waals surface area contributed by atoms with Crippen LogP contribution in [0.3, 0.4) is 0 Å². The highest BCUT2D eigenvalue weighted by molar-refractivity contribution is 5.61. The maximum absolute atomic E-state index is 9.10. The first-order valence-corrected chi connectivity index (χ1v) is 6.51. The number of allylic oxidation sites excluding steroid dienone is 1. The predicted molar refractivity (Wildman–Crippen MR) is 76.8 cm³/mol. The van der Waals surface area contributed by atoms with E-state index in [-0.39, 0.29) is 0 Å². The molecule has 0 aliphatic carbocycles. The first-order chi connectivity index (χ1) is 9.35. The van der Waals surface area contributed by atoms with Gasteiger partial charge in [-0.3, -0.25) is 9.97 Å². The summed E-state index contributed by atoms with van der Waals surface area (Å²) in [5.41, 5.74) is 4.25. The van der Waals surface area contributed by atoms with Crippen LogP contribution in [0.2, 0.25) is 0 Å². The van der Waals surface area contributed by atoms with Gasteiger partial charge in [0.05, 0.1) is 12.0 Å². The predicted octanol–water partition coefficient (Wildman–Crippen LogP) is 3.93. The summed E-state index contributed by atoms with van der Waals surface area (Å²) >= 11 is 0. The Morgan fingerprint density at radius 2 is 2.11 bits per heavy atom. The molecule has 19 heavy (non-hydrogen) atoms. The van der Waals surface area contributed by atoms with Gasteiger partial charge in [-0.15, -0.1) is 0 Å². The van der Waals surface area contributed by atoms with Crippen LogP contribution in [0, 0.1) is 0 Å². The van der Waals surface area contributed by atoms with Gasteiger partial charge in [0.1, 0.15) is 0 Å². The number of rotatable bonds is 5. The number of aromatic nitrogens is 2. The van der Waals surface area contributed by atoms with E-state index in [2.05, 4.69) is 16.0 Å². The smallest absolute Gasteiger partial charge is 0.0783 e. The third-order valence-electron chi connectivity index (χ3n) is 3.18. The fraction of sp³-hybridized carbons (Fsp3) is 0.250. The molecule has 0 atom stereocenters. The molecule has 0 aromatic carbocycles. The van der Waals surface area contributed by atoms with Crippen molar-refractivity contribution in [2.75, 3.05) is 0 Å². The van der Waals surface area contributed by atoms with Crippen LogP contribution in [0.15, 0.2) is 54.7 Å². The number of hydrogen-bond donors (Lipinski definition) is 1. The van der Waals surface area contributed by atoms with Gasteiger partial charge in [-0.25, -0.2) is 0 Å². The van der Waals surface area contributed by atoms with Crippen molar-refractivity contribution in [2.45, 2.75) is 26.2 Å². The van der Waals surface area contributed by atoms with Crippen LogP contribution < -0.4 is 0 Å². The minimum Gasteiger partial charge on any atom is -0.516 e. The molecule has 0 saturated heterocycles. The largest absolute Gasteiger partial charge is 0.516 e. The van der Waals surface area contributed by atoms with Gasteiger partial charge in [-0.2, -0.15) is 0 Å². The van der Waals surface area contributed by atoms with E-state index in [0.29, 0.717) is 0 Å². The molecule has 2 heterocycles. The lowest BCUT2D eigenvalue weighted by molar-refractivity contribution is 0.462. The van der Waals surface area contributed by atoms with E-state index in [1.807, 2.05) is 31.3 Å². The third kappa shape index (κ3) is 3.41. The highest BCUT2D eigenvalue weighted by Gasteiger charge is 2.06. The van der Waals surface area contributed by atoms with Crippen molar-refractivity contribution in [1.82, 2.24) is 9.97 Å². The highest BCUT2D eigenvalue weighted by atomic mass is 16.2. The summed E-state index contributed by atoms with van der Waals surface area (Å²) in [4.78, 5) is 8.59. The van der Waals surface area contributed by atoms with E-state index < -0.39 is 0 Å². The lowest BCUT2D eigenvalue weighted by atomic mass is 10.00. The molecule has 0 spiro atoms. The Bertz CT molecular complexity index is 550. The standard InChI is InChI=1S/C16H18N2O/c1-2-13(12-19)7-8-14-5-4-10-18-16(14)15-6-3-9-17-11-15/h3-6,9-12,19H,2,7-8H2,1H3/b13-12+. The number of hydrogen-bond acceptors (Lipinski definition) is 3. The van der Waals surface area contributed by atoms with Gasteiger partial charge in [0.25, 0.3) is 0 Å². The van der Waals surface area contributed by atoms with Crippen LogP contribution in [0.4, 0.5) is 0 Å². The van der Waals surface area contributed by atoms with E-state index in [1.54, 1.807) is 12.4 Å². The minimum atomic E-state index is 0.853. The lowest BCUT2D eigenvalue weighted by Gasteiger charge is -2.09. The molecule has 2 rings (SSSR count). The van der Waals surface area contributed by atoms with Gasteiger partial charge in [-0.05, 0) is 48.6 Å². The van der Waals surface area contributed by atoms with Crippen molar-refractivity contribution in [1.29, 1.82) is 0 Å². The summed E-state index contributed by atoms with van der Waals surface area (Å²) in [6.45, 7) is 2.05. The monoisotopic (exact) mass is 254 g/mol. The van der Waals surface area contributed by atoms with Gasteiger partial charge in [-0.1, -0.05) is 13.0 Å². The van der Waals surface area contributed by atoms with E-state index in [1.165, 1.54) is 11.8 Å². The Morgan fingerprint density at radius 3 is 2.79 bits per heavy atom. The molecular weight excluding hydrogens is 236 g/mol. The maximum atomic E-state index is 9.10. The normalized spacial score (nSPS) is 11.5. The van der Waals surface area contributed by atoms with Crippen LogP contribution in [-0.4, -0.2) is 15.1 Å². The van der Waals surface area contributed by atoms with Crippen molar-refractivity contribution in [3.8, 4) is 11.3 Å². The van der Waals surface area contributed by atoms with E-state index >= 15 is 0 Å². The Hall–Kier alpha value is -2.16. The van der Waals surface area contributed by atoms with Crippen LogP contribution >= 0.6 is 0 Å². The molecule has 3 nitrogen and oxygen atoms in total. The van der Waals surface area contributed by atoms with E-state index in [4.69, 9.17) is 5.11 Å². The average molecular weight is 254 g/mol. The number of nitrogens with zero attached hydrogens (tertiary/aromatic N) is 2. The summed E-state index contributed by atoms with van der Waals surface area (Å²) in [7, 11) is 0. The second-order valence-electron chi connectivity index (χ2n) is 4.39. The second-order valence-corrected chi connectivity index (χ2v) is 4.39. The Labute approximate surface area is 113 Å². The van der Waals surface area contributed by atoms with Crippen molar-refractivity contribution < 1.29 is 5.11 Å². The zero-order valence-electron chi connectivity index (χ0n) is 11.1. The molecule has 2 aromatic rings. The van der Waals surface area contributed by atoms with Crippen molar-refractivity contribution >= 4 is 0 Å². The Balaban J connectivity index is 2.22. The molecule has 0 aliphatic heterocycles. The third-order valence-corrected chi connectivity index (χ3v) is 3.18. The molecule has 1 N–H and O–H groups in total. The van der Waals surface area contributed by atoms with Gasteiger partial charge >= 0.3 is 0 Å². The first kappa shape index (κ1) is 13.3. The van der Waals surface area contributed by atoms with Crippen LogP contribution in [0.5, 0.6) is 0 Å². The molecule has 98 valence electrons. The van der Waals surface area contributed by atoms with Crippen molar-refractivity contribution in [3.63, 3.8) is 0 Å². The zero-order chi connectivity index (χ0) is 13.5. The van der Waals surface area contributed by atoms with Crippen LogP contribution in [0.1, 0.15) is 25.3 Å². The number of aryl methyl sites for hydroxylation is 1. The molecular formula is C16H18N2O. The van der Waals surface area contributed by atoms with Gasteiger partial charge in [0.15, 0.2) is 0 Å². The summed E-state index contributed by atoms with van der Waals surface area (Å²) in [6.07, 6.45) is 9.21. The van der Waals surface area contributed by atoms with Gasteiger partial charge in [0.2, 0.25) is 0 Å². The second kappa shape index (κ2) is 6.69. The van der Waals surface area contributed by atoms with Crippen molar-refractivity contribution in [3.05, 3.63) is 60.3 Å².